The largest absolute Gasteiger partial charge is 0.309 e. The summed E-state index contributed by atoms with van der Waals surface area (Å²) >= 11 is 1.48. The molecule has 2 aromatic carbocycles. The molecule has 2 aliphatic rings. The molecule has 35 heavy (non-hydrogen) atoms. The molecule has 0 aliphatic carbocycles. The minimum absolute atomic E-state index is 0.0128. The molecule has 2 atom stereocenters. The van der Waals surface area contributed by atoms with Crippen LogP contribution in [0.4, 0.5) is 10.1 Å². The number of amides is 1. The van der Waals surface area contributed by atoms with Crippen LogP contribution in [-0.4, -0.2) is 37.0 Å². The van der Waals surface area contributed by atoms with Gasteiger partial charge in [0.1, 0.15) is 11.2 Å². The van der Waals surface area contributed by atoms with E-state index in [2.05, 4.69) is 5.10 Å². The van der Waals surface area contributed by atoms with Crippen molar-refractivity contribution in [1.82, 2.24) is 19.3 Å². The Hall–Kier alpha value is -3.46. The Morgan fingerprint density at radius 2 is 2.09 bits per heavy atom. The molecule has 0 fully saturated rings. The van der Waals surface area contributed by atoms with Gasteiger partial charge >= 0.3 is 0 Å². The Kier molecular flexibility index (Phi) is 5.25. The van der Waals surface area contributed by atoms with E-state index in [-0.39, 0.29) is 35.8 Å². The standard InChI is InChI=1S/C26H24FN5O2S/c1-15-4-3-5-19(10-15)32-24-21(13-28-32)25(34)31-20(14-35-26(31)29-24)12-23(33)30-16(2)6-7-17-11-18(27)8-9-22(17)30/h3-5,8-11,13,16,20H,6-7,12,14H2,1-2H3. The lowest BCUT2D eigenvalue weighted by Gasteiger charge is -2.36. The monoisotopic (exact) mass is 489 g/mol. The number of anilines is 1. The number of aromatic nitrogens is 4. The van der Waals surface area contributed by atoms with Gasteiger partial charge in [0.15, 0.2) is 10.8 Å². The number of carbonyl (C=O) groups is 1. The zero-order valence-electron chi connectivity index (χ0n) is 19.4. The van der Waals surface area contributed by atoms with Crippen molar-refractivity contribution in [2.75, 3.05) is 10.7 Å². The van der Waals surface area contributed by atoms with Gasteiger partial charge < -0.3 is 4.90 Å². The number of fused-ring (bicyclic) bond motifs is 3. The van der Waals surface area contributed by atoms with Gasteiger partial charge in [0.25, 0.3) is 5.56 Å². The molecular weight excluding hydrogens is 465 g/mol. The third-order valence-electron chi connectivity index (χ3n) is 6.87. The Bertz CT molecular complexity index is 1540. The van der Waals surface area contributed by atoms with Gasteiger partial charge in [0.2, 0.25) is 5.91 Å². The highest BCUT2D eigenvalue weighted by Crippen LogP contribution is 2.36. The molecular formula is C26H24FN5O2S. The maximum atomic E-state index is 13.8. The second-order valence-corrected chi connectivity index (χ2v) is 10.3. The molecule has 2 aromatic heterocycles. The highest BCUT2D eigenvalue weighted by atomic mass is 32.2. The predicted molar refractivity (Wildman–Crippen MR) is 134 cm³/mol. The van der Waals surface area contributed by atoms with Crippen molar-refractivity contribution >= 4 is 34.4 Å². The fraction of sp³-hybridized carbons (Fsp3) is 0.308. The van der Waals surface area contributed by atoms with Crippen molar-refractivity contribution in [3.05, 3.63) is 76.0 Å². The van der Waals surface area contributed by atoms with Gasteiger partial charge in [-0.1, -0.05) is 23.9 Å². The number of halogens is 1. The molecule has 4 aromatic rings. The number of nitrogens with zero attached hydrogens (tertiary/aromatic N) is 5. The highest BCUT2D eigenvalue weighted by Gasteiger charge is 2.34. The summed E-state index contributed by atoms with van der Waals surface area (Å²) in [6.45, 7) is 4.02. The van der Waals surface area contributed by atoms with Gasteiger partial charge in [-0.3, -0.25) is 14.2 Å². The maximum absolute atomic E-state index is 13.8. The molecule has 7 nitrogen and oxygen atoms in total. The molecule has 0 saturated carbocycles. The lowest BCUT2D eigenvalue weighted by atomic mass is 9.95. The maximum Gasteiger partial charge on any atom is 0.265 e. The first kappa shape index (κ1) is 22.0. The Morgan fingerprint density at radius 3 is 2.91 bits per heavy atom. The van der Waals surface area contributed by atoms with E-state index in [1.54, 1.807) is 26.4 Å². The summed E-state index contributed by atoms with van der Waals surface area (Å²) in [5.41, 5.74) is 3.89. The van der Waals surface area contributed by atoms with E-state index >= 15 is 0 Å². The lowest BCUT2D eigenvalue weighted by molar-refractivity contribution is -0.119. The summed E-state index contributed by atoms with van der Waals surface area (Å²) in [6, 6.07) is 12.2. The third kappa shape index (κ3) is 3.65. The fourth-order valence-corrected chi connectivity index (χ4v) is 6.26. The average molecular weight is 490 g/mol. The molecule has 4 heterocycles. The third-order valence-corrected chi connectivity index (χ3v) is 7.97. The number of hydrogen-bond donors (Lipinski definition) is 0. The number of aryl methyl sites for hydroxylation is 2. The Morgan fingerprint density at radius 1 is 1.23 bits per heavy atom. The highest BCUT2D eigenvalue weighted by molar-refractivity contribution is 7.99. The van der Waals surface area contributed by atoms with Crippen molar-refractivity contribution in [2.24, 2.45) is 0 Å². The van der Waals surface area contributed by atoms with Crippen molar-refractivity contribution < 1.29 is 9.18 Å². The summed E-state index contributed by atoms with van der Waals surface area (Å²) in [7, 11) is 0. The second kappa shape index (κ2) is 8.34. The quantitative estimate of drug-likeness (QED) is 0.398. The van der Waals surface area contributed by atoms with Crippen LogP contribution in [0.3, 0.4) is 0 Å². The van der Waals surface area contributed by atoms with Crippen LogP contribution < -0.4 is 10.5 Å². The van der Waals surface area contributed by atoms with Crippen LogP contribution in [0.5, 0.6) is 0 Å². The zero-order chi connectivity index (χ0) is 24.3. The van der Waals surface area contributed by atoms with Crippen LogP contribution in [0.25, 0.3) is 16.7 Å². The fourth-order valence-electron chi connectivity index (χ4n) is 5.13. The molecule has 9 heteroatoms. The minimum Gasteiger partial charge on any atom is -0.309 e. The number of carbonyl (C=O) groups excluding carboxylic acids is 1. The molecule has 2 unspecified atom stereocenters. The number of benzene rings is 2. The zero-order valence-corrected chi connectivity index (χ0v) is 20.3. The Balaban J connectivity index is 1.34. The van der Waals surface area contributed by atoms with Gasteiger partial charge in [0.05, 0.1) is 17.9 Å². The minimum atomic E-state index is -0.299. The van der Waals surface area contributed by atoms with Crippen molar-refractivity contribution in [1.29, 1.82) is 0 Å². The Labute approximate surface area is 205 Å². The smallest absolute Gasteiger partial charge is 0.265 e. The molecule has 2 aliphatic heterocycles. The van der Waals surface area contributed by atoms with Gasteiger partial charge in [-0.05, 0) is 68.1 Å². The van der Waals surface area contributed by atoms with Crippen LogP contribution in [-0.2, 0) is 11.2 Å². The van der Waals surface area contributed by atoms with Gasteiger partial charge in [0, 0.05) is 23.9 Å². The van der Waals surface area contributed by atoms with E-state index in [4.69, 9.17) is 4.98 Å². The van der Waals surface area contributed by atoms with Crippen molar-refractivity contribution in [3.63, 3.8) is 0 Å². The number of rotatable bonds is 3. The molecule has 0 N–H and O–H groups in total. The molecule has 0 radical (unpaired) electrons. The molecule has 6 rings (SSSR count). The van der Waals surface area contributed by atoms with Crippen LogP contribution in [0, 0.1) is 12.7 Å². The summed E-state index contributed by atoms with van der Waals surface area (Å²) in [5.74, 6) is 0.238. The van der Waals surface area contributed by atoms with Crippen molar-refractivity contribution in [3.8, 4) is 5.69 Å². The summed E-state index contributed by atoms with van der Waals surface area (Å²) in [5, 5.41) is 5.47. The average Bonchev–Trinajstić information content (AvgIpc) is 3.44. The second-order valence-electron chi connectivity index (χ2n) is 9.30. The summed E-state index contributed by atoms with van der Waals surface area (Å²) in [4.78, 5) is 33.5. The molecule has 0 bridgehead atoms. The normalized spacial score (nSPS) is 19.1. The molecule has 0 saturated heterocycles. The molecule has 1 amide bonds. The van der Waals surface area contributed by atoms with Crippen molar-refractivity contribution in [2.45, 2.75) is 50.4 Å². The van der Waals surface area contributed by atoms with Crippen LogP contribution in [0.1, 0.15) is 36.9 Å². The van der Waals surface area contributed by atoms with E-state index in [1.165, 1.54) is 23.9 Å². The van der Waals surface area contributed by atoms with E-state index in [9.17, 15) is 14.0 Å². The van der Waals surface area contributed by atoms with E-state index in [0.29, 0.717) is 21.9 Å². The summed E-state index contributed by atoms with van der Waals surface area (Å²) in [6.07, 6.45) is 3.25. The first-order chi connectivity index (χ1) is 16.9. The van der Waals surface area contributed by atoms with Gasteiger partial charge in [-0.25, -0.2) is 14.1 Å². The van der Waals surface area contributed by atoms with Crippen LogP contribution in [0.15, 0.2) is 58.6 Å². The first-order valence-corrected chi connectivity index (χ1v) is 12.7. The first-order valence-electron chi connectivity index (χ1n) is 11.7. The number of thioether (sulfide) groups is 1. The van der Waals surface area contributed by atoms with Crippen LogP contribution >= 0.6 is 11.8 Å². The van der Waals surface area contributed by atoms with Gasteiger partial charge in [-0.2, -0.15) is 5.10 Å². The van der Waals surface area contributed by atoms with Crippen LogP contribution in [0.2, 0.25) is 0 Å². The lowest BCUT2D eigenvalue weighted by Crippen LogP contribution is -2.43. The number of hydrogen-bond acceptors (Lipinski definition) is 5. The molecule has 178 valence electrons. The van der Waals surface area contributed by atoms with Gasteiger partial charge in [-0.15, -0.1) is 0 Å². The topological polar surface area (TPSA) is 73.0 Å². The summed E-state index contributed by atoms with van der Waals surface area (Å²) < 4.78 is 17.1. The van der Waals surface area contributed by atoms with E-state index in [1.807, 2.05) is 38.1 Å². The van der Waals surface area contributed by atoms with E-state index < -0.39 is 0 Å². The van der Waals surface area contributed by atoms with E-state index in [0.717, 1.165) is 35.3 Å². The predicted octanol–water partition coefficient (Wildman–Crippen LogP) is 4.43. The SMILES string of the molecule is Cc1cccc(-n2ncc3c(=O)n4c(nc32)SCC4CC(=O)N2c3ccc(F)cc3CCC2C)c1. The molecule has 0 spiro atoms.